The van der Waals surface area contributed by atoms with Gasteiger partial charge in [0.2, 0.25) is 0 Å². The zero-order valence-electron chi connectivity index (χ0n) is 14.3. The third-order valence-electron chi connectivity index (χ3n) is 2.66. The zero-order valence-corrected chi connectivity index (χ0v) is 15.2. The molecule has 0 radical (unpaired) electrons. The quantitative estimate of drug-likeness (QED) is 0.106. The lowest BCUT2D eigenvalue weighted by atomic mass is 10.0. The van der Waals surface area contributed by atoms with Crippen LogP contribution in [0, 0.1) is 0 Å². The molecule has 0 amide bonds. The average Bonchev–Trinajstić information content (AvgIpc) is 2.54. The van der Waals surface area contributed by atoms with Crippen LogP contribution in [0.25, 0.3) is 0 Å². The summed E-state index contributed by atoms with van der Waals surface area (Å²) in [6.45, 7) is 1.35. The number of phosphoric acid groups is 1. The maximum absolute atomic E-state index is 9.96. The highest BCUT2D eigenvalue weighted by Gasteiger charge is 2.29. The molecule has 13 heteroatoms. The third kappa shape index (κ3) is 25.3. The number of carbonyl (C=O) groups excluding carboxylic acids is 1. The fraction of sp³-hybridized carbons (Fsp3) is 0.846. The molecular formula is C13H29O12P. The number of hydrogen-bond acceptors (Lipinski definition) is 8. The van der Waals surface area contributed by atoms with Gasteiger partial charge in [-0.05, 0) is 6.42 Å². The van der Waals surface area contributed by atoms with Gasteiger partial charge in [-0.25, -0.2) is 4.57 Å². The van der Waals surface area contributed by atoms with Gasteiger partial charge in [0.05, 0.1) is 6.61 Å². The molecule has 0 aromatic heterocycles. The number of aliphatic hydroxyl groups excluding tert-OH is 5. The molecule has 0 saturated carbocycles. The number of aliphatic hydroxyl groups is 5. The van der Waals surface area contributed by atoms with E-state index in [0.29, 0.717) is 6.42 Å². The summed E-state index contributed by atoms with van der Waals surface area (Å²) < 4.78 is 8.88. The number of aldehydes is 1. The summed E-state index contributed by atoms with van der Waals surface area (Å²) in [6, 6.07) is 0. The molecule has 0 aromatic rings. The average molecular weight is 408 g/mol. The number of carbonyl (C=O) groups is 2. The summed E-state index contributed by atoms with van der Waals surface area (Å²) in [5.41, 5.74) is 0. The molecule has 0 fully saturated rings. The van der Waals surface area contributed by atoms with Gasteiger partial charge in [-0.15, -0.1) is 0 Å². The zero-order chi connectivity index (χ0) is 21.3. The van der Waals surface area contributed by atoms with Crippen LogP contribution in [0.15, 0.2) is 0 Å². The molecule has 0 spiro atoms. The molecule has 9 N–H and O–H groups in total. The third-order valence-corrected chi connectivity index (χ3v) is 2.66. The highest BCUT2D eigenvalue weighted by molar-refractivity contribution is 7.45. The predicted octanol–water partition coefficient (Wildman–Crippen LogP) is -2.27. The van der Waals surface area contributed by atoms with Gasteiger partial charge in [0.15, 0.2) is 6.29 Å². The van der Waals surface area contributed by atoms with Crippen molar-refractivity contribution in [3.8, 4) is 0 Å². The van der Waals surface area contributed by atoms with E-state index in [-0.39, 0.29) is 6.29 Å². The van der Waals surface area contributed by atoms with Crippen LogP contribution < -0.4 is 0 Å². The topological polar surface area (TPSA) is 233 Å². The van der Waals surface area contributed by atoms with Crippen LogP contribution in [0.4, 0.5) is 0 Å². The Morgan fingerprint density at radius 2 is 1.46 bits per heavy atom. The first-order chi connectivity index (χ1) is 11.8. The van der Waals surface area contributed by atoms with Gasteiger partial charge in [-0.3, -0.25) is 4.79 Å². The smallest absolute Gasteiger partial charge is 0.466 e. The van der Waals surface area contributed by atoms with Crippen LogP contribution in [0.5, 0.6) is 0 Å². The molecule has 26 heavy (non-hydrogen) atoms. The Morgan fingerprint density at radius 1 is 1.00 bits per heavy atom. The van der Waals surface area contributed by atoms with Crippen molar-refractivity contribution in [3.63, 3.8) is 0 Å². The largest absolute Gasteiger partial charge is 0.481 e. The second kappa shape index (κ2) is 17.5. The summed E-state index contributed by atoms with van der Waals surface area (Å²) in [5, 5.41) is 51.7. The maximum Gasteiger partial charge on any atom is 0.466 e. The summed E-state index contributed by atoms with van der Waals surface area (Å²) in [7, 11) is -4.64. The minimum Gasteiger partial charge on any atom is -0.481 e. The summed E-state index contributed by atoms with van der Waals surface area (Å²) >= 11 is 0. The van der Waals surface area contributed by atoms with Crippen molar-refractivity contribution in [1.82, 2.24) is 0 Å². The Balaban J connectivity index is -0.000000333. The SMILES string of the molecule is CCCCCCC(=O)O.O=C[C@H](O)[C@@H](O)[C@H](O)[C@H](O)CO.O=P(O)(O)O. The second-order valence-corrected chi connectivity index (χ2v) is 6.10. The van der Waals surface area contributed by atoms with Crippen LogP contribution in [-0.4, -0.2) is 88.6 Å². The number of rotatable bonds is 10. The van der Waals surface area contributed by atoms with Gasteiger partial charge in [0, 0.05) is 6.42 Å². The van der Waals surface area contributed by atoms with Crippen LogP contribution in [0.2, 0.25) is 0 Å². The van der Waals surface area contributed by atoms with E-state index in [1.165, 1.54) is 6.42 Å². The van der Waals surface area contributed by atoms with Crippen LogP contribution >= 0.6 is 7.82 Å². The monoisotopic (exact) mass is 408 g/mol. The lowest BCUT2D eigenvalue weighted by Gasteiger charge is -2.22. The van der Waals surface area contributed by atoms with Gasteiger partial charge >= 0.3 is 13.8 Å². The highest BCUT2D eigenvalue weighted by Crippen LogP contribution is 2.25. The first-order valence-electron chi connectivity index (χ1n) is 7.60. The van der Waals surface area contributed by atoms with Crippen LogP contribution in [-0.2, 0) is 14.2 Å². The Labute approximate surface area is 150 Å². The van der Waals surface area contributed by atoms with E-state index in [9.17, 15) is 9.59 Å². The Bertz CT molecular complexity index is 390. The molecule has 0 aliphatic rings. The Kier molecular flexibility index (Phi) is 20.0. The van der Waals surface area contributed by atoms with E-state index in [2.05, 4.69) is 6.92 Å². The van der Waals surface area contributed by atoms with E-state index in [4.69, 9.17) is 49.9 Å². The fourth-order valence-corrected chi connectivity index (χ4v) is 1.32. The van der Waals surface area contributed by atoms with Crippen molar-refractivity contribution in [2.45, 2.75) is 63.4 Å². The molecular weight excluding hydrogens is 379 g/mol. The second-order valence-electron chi connectivity index (χ2n) is 5.08. The molecule has 0 rings (SSSR count). The molecule has 0 aromatic carbocycles. The number of carboxylic acids is 1. The van der Waals surface area contributed by atoms with Crippen molar-refractivity contribution in [1.29, 1.82) is 0 Å². The summed E-state index contributed by atoms with van der Waals surface area (Å²) in [6.07, 6.45) is -2.28. The minimum absolute atomic E-state index is 0.0258. The van der Waals surface area contributed by atoms with Crippen molar-refractivity contribution < 1.29 is 59.5 Å². The fourth-order valence-electron chi connectivity index (χ4n) is 1.32. The Hall–Kier alpha value is -0.950. The summed E-state index contributed by atoms with van der Waals surface area (Å²) in [4.78, 5) is 41.4. The van der Waals surface area contributed by atoms with Gasteiger partial charge < -0.3 is 50.1 Å². The number of hydrogen-bond donors (Lipinski definition) is 9. The molecule has 0 aliphatic heterocycles. The molecule has 0 bridgehead atoms. The minimum atomic E-state index is -4.64. The molecule has 0 heterocycles. The maximum atomic E-state index is 9.96. The van der Waals surface area contributed by atoms with Crippen molar-refractivity contribution in [2.75, 3.05) is 6.61 Å². The lowest BCUT2D eigenvalue weighted by Crippen LogP contribution is -2.46. The molecule has 158 valence electrons. The number of carboxylic acid groups (broad SMARTS) is 1. The van der Waals surface area contributed by atoms with Crippen molar-refractivity contribution in [3.05, 3.63) is 0 Å². The van der Waals surface area contributed by atoms with Crippen LogP contribution in [0.1, 0.15) is 39.0 Å². The Morgan fingerprint density at radius 3 is 1.77 bits per heavy atom. The van der Waals surface area contributed by atoms with Crippen molar-refractivity contribution in [2.24, 2.45) is 0 Å². The standard InChI is InChI=1S/C7H14O2.C6H12O6.H3O4P/c1-2-3-4-5-6-7(8)9;7-1-3(9)5(11)6(12)4(10)2-8;1-5(2,3)4/h2-6H2,1H3,(H,8,9);1,3-6,8-12H,2H2;(H3,1,2,3,4)/t;3-,4+,5+,6+;/m.0./s1. The molecule has 0 saturated heterocycles. The highest BCUT2D eigenvalue weighted by atomic mass is 31.2. The van der Waals surface area contributed by atoms with E-state index < -0.39 is 44.8 Å². The van der Waals surface area contributed by atoms with E-state index in [0.717, 1.165) is 19.3 Å². The first kappa shape index (κ1) is 29.8. The van der Waals surface area contributed by atoms with E-state index in [1.807, 2.05) is 0 Å². The molecule has 0 unspecified atom stereocenters. The van der Waals surface area contributed by atoms with E-state index in [1.54, 1.807) is 0 Å². The molecule has 12 nitrogen and oxygen atoms in total. The van der Waals surface area contributed by atoms with Gasteiger partial charge in [-0.2, -0.15) is 0 Å². The van der Waals surface area contributed by atoms with Gasteiger partial charge in [-0.1, -0.05) is 26.2 Å². The number of aliphatic carboxylic acids is 1. The normalized spacial score (nSPS) is 15.3. The van der Waals surface area contributed by atoms with Crippen molar-refractivity contribution >= 4 is 20.1 Å². The molecule has 4 atom stereocenters. The molecule has 0 aliphatic carbocycles. The van der Waals surface area contributed by atoms with E-state index >= 15 is 0 Å². The van der Waals surface area contributed by atoms with Crippen LogP contribution in [0.3, 0.4) is 0 Å². The number of unbranched alkanes of at least 4 members (excludes halogenated alkanes) is 3. The van der Waals surface area contributed by atoms with Gasteiger partial charge in [0.1, 0.15) is 24.4 Å². The predicted molar refractivity (Wildman–Crippen MR) is 87.8 cm³/mol. The summed E-state index contributed by atoms with van der Waals surface area (Å²) in [5.74, 6) is -0.675. The first-order valence-corrected chi connectivity index (χ1v) is 9.16. The lowest BCUT2D eigenvalue weighted by molar-refractivity contribution is -0.137. The van der Waals surface area contributed by atoms with Gasteiger partial charge in [0.25, 0.3) is 0 Å².